The normalized spacial score (nSPS) is 14.3. The molecule has 0 saturated carbocycles. The van der Waals surface area contributed by atoms with Crippen LogP contribution in [0.1, 0.15) is 38.2 Å². The van der Waals surface area contributed by atoms with Crippen molar-refractivity contribution in [3.63, 3.8) is 0 Å². The van der Waals surface area contributed by atoms with Crippen LogP contribution in [-0.4, -0.2) is 21.5 Å². The Kier molecular flexibility index (Phi) is 6.72. The molecule has 0 aliphatic carbocycles. The van der Waals surface area contributed by atoms with Gasteiger partial charge >= 0.3 is 0 Å². The van der Waals surface area contributed by atoms with Crippen LogP contribution in [0.2, 0.25) is 0 Å². The number of aryl methyl sites for hydroxylation is 2. The van der Waals surface area contributed by atoms with Gasteiger partial charge in [0.2, 0.25) is 5.52 Å². The van der Waals surface area contributed by atoms with Crippen molar-refractivity contribution in [1.29, 1.82) is 0 Å². The van der Waals surface area contributed by atoms with Gasteiger partial charge in [-0.2, -0.15) is 19.6 Å². The third-order valence-corrected chi connectivity index (χ3v) is 7.28. The molecule has 1 aliphatic rings. The van der Waals surface area contributed by atoms with Crippen molar-refractivity contribution >= 4 is 34.4 Å². The average molecular weight is 457 g/mol. The van der Waals surface area contributed by atoms with Gasteiger partial charge in [-0.15, -0.1) is 0 Å². The number of anilines is 1. The molecule has 4 aromatic rings. The van der Waals surface area contributed by atoms with Gasteiger partial charge in [-0.3, -0.25) is 0 Å². The van der Waals surface area contributed by atoms with Crippen molar-refractivity contribution in [3.8, 4) is 0 Å². The predicted octanol–water partition coefficient (Wildman–Crippen LogP) is 5.91. The third-order valence-electron chi connectivity index (χ3n) is 6.17. The standard InChI is InChI=1S/C27H30N5S/c1-2-30-20-15-22(23-11-5-6-12-24(23)30)21-27-31(25-13-7-8-14-26(25)33-27)18-9-3-4-10-19-32-28-16-17-29-32/h5-8,11-17,20-21H,2-4,9-10,18-19H2,1H3/q+1. The Morgan fingerprint density at radius 3 is 2.48 bits per heavy atom. The van der Waals surface area contributed by atoms with E-state index in [1.807, 2.05) is 11.8 Å². The van der Waals surface area contributed by atoms with Crippen molar-refractivity contribution < 1.29 is 4.57 Å². The Bertz CT molecular complexity index is 1250. The van der Waals surface area contributed by atoms with Gasteiger partial charge < -0.3 is 4.90 Å². The Balaban J connectivity index is 1.32. The number of pyridine rings is 1. The summed E-state index contributed by atoms with van der Waals surface area (Å²) < 4.78 is 2.31. The number of fused-ring (bicyclic) bond motifs is 2. The molecule has 5 rings (SSSR count). The molecule has 0 N–H and O–H groups in total. The highest BCUT2D eigenvalue weighted by Gasteiger charge is 2.24. The van der Waals surface area contributed by atoms with Crippen LogP contribution in [0, 0.1) is 0 Å². The number of aromatic nitrogens is 4. The molecule has 1 aliphatic heterocycles. The molecule has 0 saturated heterocycles. The van der Waals surface area contributed by atoms with Gasteiger partial charge in [0.05, 0.1) is 35.0 Å². The van der Waals surface area contributed by atoms with Gasteiger partial charge in [0.15, 0.2) is 6.20 Å². The fraction of sp³-hybridized carbons (Fsp3) is 0.296. The summed E-state index contributed by atoms with van der Waals surface area (Å²) in [5.74, 6) is 0. The van der Waals surface area contributed by atoms with Crippen molar-refractivity contribution in [1.82, 2.24) is 15.0 Å². The van der Waals surface area contributed by atoms with Crippen LogP contribution in [0.3, 0.4) is 0 Å². The first-order valence-electron chi connectivity index (χ1n) is 11.8. The van der Waals surface area contributed by atoms with Gasteiger partial charge in [0.25, 0.3) is 0 Å². The summed E-state index contributed by atoms with van der Waals surface area (Å²) in [4.78, 5) is 5.63. The molecule has 3 heterocycles. The summed E-state index contributed by atoms with van der Waals surface area (Å²) in [5.41, 5.74) is 3.90. The summed E-state index contributed by atoms with van der Waals surface area (Å²) in [6, 6.07) is 19.7. The molecule has 168 valence electrons. The van der Waals surface area contributed by atoms with E-state index in [1.165, 1.54) is 51.3 Å². The fourth-order valence-electron chi connectivity index (χ4n) is 4.47. The Hall–Kier alpha value is -3.12. The van der Waals surface area contributed by atoms with E-state index in [4.69, 9.17) is 0 Å². The maximum atomic E-state index is 4.19. The SMILES string of the molecule is CC[n+]1ccc(/C=C2\Sc3ccccc3N2CCCCCCn2nccn2)c2ccccc21. The second kappa shape index (κ2) is 10.2. The number of hydrogen-bond donors (Lipinski definition) is 0. The van der Waals surface area contributed by atoms with Crippen molar-refractivity contribution in [3.05, 3.63) is 83.8 Å². The van der Waals surface area contributed by atoms with Gasteiger partial charge in [-0.25, -0.2) is 0 Å². The van der Waals surface area contributed by atoms with E-state index in [0.717, 1.165) is 26.1 Å². The number of thioether (sulfide) groups is 1. The van der Waals surface area contributed by atoms with Gasteiger partial charge in [0, 0.05) is 23.6 Å². The number of benzene rings is 2. The zero-order valence-corrected chi connectivity index (χ0v) is 19.9. The number of para-hydroxylation sites is 2. The van der Waals surface area contributed by atoms with Gasteiger partial charge in [-0.05, 0) is 49.6 Å². The maximum absolute atomic E-state index is 4.19. The van der Waals surface area contributed by atoms with Crippen LogP contribution in [0.25, 0.3) is 17.0 Å². The quantitative estimate of drug-likeness (QED) is 0.232. The summed E-state index contributed by atoms with van der Waals surface area (Å²) in [6.45, 7) is 5.11. The van der Waals surface area contributed by atoms with E-state index >= 15 is 0 Å². The second-order valence-corrected chi connectivity index (χ2v) is 9.38. The Morgan fingerprint density at radius 2 is 1.64 bits per heavy atom. The van der Waals surface area contributed by atoms with E-state index in [1.54, 1.807) is 17.2 Å². The van der Waals surface area contributed by atoms with E-state index < -0.39 is 0 Å². The van der Waals surface area contributed by atoms with Crippen molar-refractivity contribution in [2.75, 3.05) is 11.4 Å². The zero-order valence-electron chi connectivity index (χ0n) is 19.1. The lowest BCUT2D eigenvalue weighted by molar-refractivity contribution is -0.667. The molecule has 2 aromatic heterocycles. The van der Waals surface area contributed by atoms with Crippen LogP contribution < -0.4 is 9.47 Å². The van der Waals surface area contributed by atoms with Crippen molar-refractivity contribution in [2.45, 2.75) is 50.6 Å². The Morgan fingerprint density at radius 1 is 0.879 bits per heavy atom. The minimum atomic E-state index is 0.902. The van der Waals surface area contributed by atoms with Crippen LogP contribution in [0.5, 0.6) is 0 Å². The van der Waals surface area contributed by atoms with Gasteiger partial charge in [0.1, 0.15) is 6.54 Å². The highest BCUT2D eigenvalue weighted by molar-refractivity contribution is 8.03. The fourth-order valence-corrected chi connectivity index (χ4v) is 5.61. The lowest BCUT2D eigenvalue weighted by Gasteiger charge is -2.20. The van der Waals surface area contributed by atoms with Crippen LogP contribution >= 0.6 is 11.8 Å². The number of unbranched alkanes of at least 4 members (excludes halogenated alkanes) is 3. The zero-order chi connectivity index (χ0) is 22.5. The number of rotatable bonds is 9. The maximum Gasteiger partial charge on any atom is 0.213 e. The largest absolute Gasteiger partial charge is 0.335 e. The molecule has 2 aromatic carbocycles. The summed E-state index contributed by atoms with van der Waals surface area (Å²) in [5, 5.41) is 11.0. The molecule has 0 bridgehead atoms. The van der Waals surface area contributed by atoms with Crippen LogP contribution in [0.15, 0.2) is 83.1 Å². The monoisotopic (exact) mass is 456 g/mol. The van der Waals surface area contributed by atoms with Gasteiger partial charge in [-0.1, -0.05) is 48.9 Å². The predicted molar refractivity (Wildman–Crippen MR) is 136 cm³/mol. The first-order valence-corrected chi connectivity index (χ1v) is 12.7. The Labute approximate surface area is 199 Å². The molecule has 33 heavy (non-hydrogen) atoms. The second-order valence-electron chi connectivity index (χ2n) is 8.32. The summed E-state index contributed by atoms with van der Waals surface area (Å²) in [6.07, 6.45) is 12.8. The van der Waals surface area contributed by atoms with E-state index in [2.05, 4.69) is 93.5 Å². The first-order chi connectivity index (χ1) is 16.3. The topological polar surface area (TPSA) is 37.8 Å². The molecule has 0 radical (unpaired) electrons. The highest BCUT2D eigenvalue weighted by Crippen LogP contribution is 2.46. The molecule has 0 amide bonds. The molecule has 0 fully saturated rings. The molecular weight excluding hydrogens is 426 g/mol. The average Bonchev–Trinajstić information content (AvgIpc) is 3.49. The van der Waals surface area contributed by atoms with Crippen LogP contribution in [0.4, 0.5) is 5.69 Å². The van der Waals surface area contributed by atoms with E-state index in [0.29, 0.717) is 0 Å². The third kappa shape index (κ3) is 4.81. The summed E-state index contributed by atoms with van der Waals surface area (Å²) in [7, 11) is 0. The molecule has 6 heteroatoms. The number of nitrogens with zero attached hydrogens (tertiary/aromatic N) is 5. The lowest BCUT2D eigenvalue weighted by atomic mass is 10.1. The minimum Gasteiger partial charge on any atom is -0.335 e. The number of hydrogen-bond acceptors (Lipinski definition) is 4. The molecular formula is C27H30N5S+. The first kappa shape index (κ1) is 21.7. The van der Waals surface area contributed by atoms with E-state index in [-0.39, 0.29) is 0 Å². The summed E-state index contributed by atoms with van der Waals surface area (Å²) >= 11 is 1.88. The van der Waals surface area contributed by atoms with Crippen LogP contribution in [-0.2, 0) is 13.1 Å². The molecule has 5 nitrogen and oxygen atoms in total. The van der Waals surface area contributed by atoms with Crippen molar-refractivity contribution in [2.24, 2.45) is 0 Å². The lowest BCUT2D eigenvalue weighted by Crippen LogP contribution is -2.32. The smallest absolute Gasteiger partial charge is 0.213 e. The molecule has 0 spiro atoms. The highest BCUT2D eigenvalue weighted by atomic mass is 32.2. The van der Waals surface area contributed by atoms with E-state index in [9.17, 15) is 0 Å². The minimum absolute atomic E-state index is 0.902. The molecule has 0 atom stereocenters. The molecule has 0 unspecified atom stereocenters.